The summed E-state index contributed by atoms with van der Waals surface area (Å²) < 4.78 is 1.87. The van der Waals surface area contributed by atoms with E-state index >= 15 is 0 Å². The van der Waals surface area contributed by atoms with Crippen LogP contribution in [0.1, 0.15) is 38.4 Å². The number of aromatic nitrogens is 2. The topological polar surface area (TPSA) is 70.3 Å². The first-order valence-electron chi connectivity index (χ1n) is 6.29. The Morgan fingerprint density at radius 2 is 1.74 bits per heavy atom. The third-order valence-electron chi connectivity index (χ3n) is 2.94. The smallest absolute Gasteiger partial charge is 0.119 e. The second kappa shape index (κ2) is 5.22. The SMILES string of the molecule is CC(Nc1cnn(C(C)C)c1)c1cc(O)cc(O)c1. The van der Waals surface area contributed by atoms with Gasteiger partial charge in [-0.15, -0.1) is 0 Å². The molecule has 1 atom stereocenters. The van der Waals surface area contributed by atoms with Crippen LogP contribution in [0.2, 0.25) is 0 Å². The second-order valence-corrected chi connectivity index (χ2v) is 4.95. The molecule has 2 aromatic rings. The van der Waals surface area contributed by atoms with Gasteiger partial charge in [0.05, 0.1) is 11.9 Å². The maximum absolute atomic E-state index is 9.48. The van der Waals surface area contributed by atoms with Crippen molar-refractivity contribution in [3.8, 4) is 11.5 Å². The van der Waals surface area contributed by atoms with Gasteiger partial charge in [-0.1, -0.05) is 0 Å². The number of hydrogen-bond donors (Lipinski definition) is 3. The average molecular weight is 261 g/mol. The van der Waals surface area contributed by atoms with Crippen LogP contribution in [-0.4, -0.2) is 20.0 Å². The zero-order chi connectivity index (χ0) is 14.0. The zero-order valence-corrected chi connectivity index (χ0v) is 11.3. The summed E-state index contributed by atoms with van der Waals surface area (Å²) in [4.78, 5) is 0. The molecule has 5 heteroatoms. The molecule has 1 unspecified atom stereocenters. The van der Waals surface area contributed by atoms with Gasteiger partial charge in [0.1, 0.15) is 11.5 Å². The highest BCUT2D eigenvalue weighted by atomic mass is 16.3. The van der Waals surface area contributed by atoms with Crippen molar-refractivity contribution >= 4 is 5.69 Å². The van der Waals surface area contributed by atoms with Gasteiger partial charge in [0.2, 0.25) is 0 Å². The Balaban J connectivity index is 2.13. The lowest BCUT2D eigenvalue weighted by Crippen LogP contribution is -2.06. The van der Waals surface area contributed by atoms with E-state index in [9.17, 15) is 10.2 Å². The molecule has 0 spiro atoms. The molecule has 0 bridgehead atoms. The van der Waals surface area contributed by atoms with Crippen LogP contribution in [0.15, 0.2) is 30.6 Å². The fraction of sp³-hybridized carbons (Fsp3) is 0.357. The Morgan fingerprint density at radius 1 is 1.11 bits per heavy atom. The summed E-state index contributed by atoms with van der Waals surface area (Å²) >= 11 is 0. The van der Waals surface area contributed by atoms with Gasteiger partial charge in [0.15, 0.2) is 0 Å². The van der Waals surface area contributed by atoms with Crippen LogP contribution in [0.25, 0.3) is 0 Å². The van der Waals surface area contributed by atoms with Crippen LogP contribution >= 0.6 is 0 Å². The summed E-state index contributed by atoms with van der Waals surface area (Å²) in [5.41, 5.74) is 1.72. The molecule has 19 heavy (non-hydrogen) atoms. The van der Waals surface area contributed by atoms with E-state index < -0.39 is 0 Å². The highest BCUT2D eigenvalue weighted by Gasteiger charge is 2.09. The van der Waals surface area contributed by atoms with Gasteiger partial charge < -0.3 is 15.5 Å². The quantitative estimate of drug-likeness (QED) is 0.791. The molecular weight excluding hydrogens is 242 g/mol. The molecule has 0 amide bonds. The zero-order valence-electron chi connectivity index (χ0n) is 11.3. The molecule has 0 fully saturated rings. The van der Waals surface area contributed by atoms with Crippen molar-refractivity contribution in [2.45, 2.75) is 32.9 Å². The first-order valence-corrected chi connectivity index (χ1v) is 6.29. The lowest BCUT2D eigenvalue weighted by atomic mass is 10.1. The van der Waals surface area contributed by atoms with Crippen LogP contribution in [0, 0.1) is 0 Å². The van der Waals surface area contributed by atoms with Gasteiger partial charge in [0, 0.05) is 24.3 Å². The Bertz CT molecular complexity index is 543. The van der Waals surface area contributed by atoms with Crippen molar-refractivity contribution in [3.63, 3.8) is 0 Å². The molecule has 1 heterocycles. The molecule has 102 valence electrons. The minimum Gasteiger partial charge on any atom is -0.508 e. The molecular formula is C14H19N3O2. The standard InChI is InChI=1S/C14H19N3O2/c1-9(2)17-8-12(7-15-17)16-10(3)11-4-13(18)6-14(19)5-11/h4-10,16,18-19H,1-3H3. The van der Waals surface area contributed by atoms with E-state index in [0.717, 1.165) is 11.3 Å². The number of hydrogen-bond acceptors (Lipinski definition) is 4. The van der Waals surface area contributed by atoms with E-state index in [1.807, 2.05) is 17.8 Å². The third kappa shape index (κ3) is 3.19. The molecule has 0 aliphatic heterocycles. The number of rotatable bonds is 4. The van der Waals surface area contributed by atoms with Crippen molar-refractivity contribution in [1.82, 2.24) is 9.78 Å². The monoisotopic (exact) mass is 261 g/mol. The summed E-state index contributed by atoms with van der Waals surface area (Å²) in [6.45, 7) is 6.09. The van der Waals surface area contributed by atoms with Crippen molar-refractivity contribution in [2.75, 3.05) is 5.32 Å². The molecule has 0 saturated heterocycles. The Morgan fingerprint density at radius 3 is 2.26 bits per heavy atom. The number of phenolic OH excluding ortho intramolecular Hbond substituents is 2. The van der Waals surface area contributed by atoms with Crippen LogP contribution in [0.4, 0.5) is 5.69 Å². The summed E-state index contributed by atoms with van der Waals surface area (Å²) in [5.74, 6) is 0.114. The summed E-state index contributed by atoms with van der Waals surface area (Å²) in [6, 6.07) is 4.85. The van der Waals surface area contributed by atoms with Crippen LogP contribution < -0.4 is 5.32 Å². The highest BCUT2D eigenvalue weighted by molar-refractivity contribution is 5.44. The van der Waals surface area contributed by atoms with E-state index in [2.05, 4.69) is 24.3 Å². The highest BCUT2D eigenvalue weighted by Crippen LogP contribution is 2.27. The van der Waals surface area contributed by atoms with Crippen molar-refractivity contribution in [2.24, 2.45) is 0 Å². The fourth-order valence-corrected chi connectivity index (χ4v) is 1.90. The lowest BCUT2D eigenvalue weighted by molar-refractivity contribution is 0.448. The Hall–Kier alpha value is -2.17. The van der Waals surface area contributed by atoms with Gasteiger partial charge in [-0.2, -0.15) is 5.10 Å². The molecule has 2 rings (SSSR count). The number of aromatic hydroxyl groups is 2. The largest absolute Gasteiger partial charge is 0.508 e. The minimum atomic E-state index is -0.0391. The van der Waals surface area contributed by atoms with Gasteiger partial charge in [-0.25, -0.2) is 0 Å². The summed E-state index contributed by atoms with van der Waals surface area (Å²) in [6.07, 6.45) is 3.70. The van der Waals surface area contributed by atoms with Crippen LogP contribution in [-0.2, 0) is 0 Å². The molecule has 5 nitrogen and oxygen atoms in total. The van der Waals surface area contributed by atoms with Crippen molar-refractivity contribution in [3.05, 3.63) is 36.2 Å². The van der Waals surface area contributed by atoms with E-state index in [0.29, 0.717) is 6.04 Å². The molecule has 0 saturated carbocycles. The predicted molar refractivity (Wildman–Crippen MR) is 74.4 cm³/mol. The number of nitrogens with zero attached hydrogens (tertiary/aromatic N) is 2. The van der Waals surface area contributed by atoms with E-state index in [-0.39, 0.29) is 17.5 Å². The molecule has 1 aromatic heterocycles. The van der Waals surface area contributed by atoms with Gasteiger partial charge >= 0.3 is 0 Å². The normalized spacial score (nSPS) is 12.6. The Kier molecular flexibility index (Phi) is 3.64. The van der Waals surface area contributed by atoms with Crippen molar-refractivity contribution < 1.29 is 10.2 Å². The maximum Gasteiger partial charge on any atom is 0.119 e. The Labute approximate surface area is 112 Å². The van der Waals surface area contributed by atoms with Crippen molar-refractivity contribution in [1.29, 1.82) is 0 Å². The van der Waals surface area contributed by atoms with Gasteiger partial charge in [-0.05, 0) is 38.5 Å². The van der Waals surface area contributed by atoms with Gasteiger partial charge in [0.25, 0.3) is 0 Å². The number of benzene rings is 1. The molecule has 0 radical (unpaired) electrons. The van der Waals surface area contributed by atoms with Gasteiger partial charge in [-0.3, -0.25) is 4.68 Å². The van der Waals surface area contributed by atoms with E-state index in [4.69, 9.17) is 0 Å². The first kappa shape index (κ1) is 13.3. The predicted octanol–water partition coefficient (Wildman–Crippen LogP) is 3.05. The minimum absolute atomic E-state index is 0.0391. The molecule has 3 N–H and O–H groups in total. The average Bonchev–Trinajstić information content (AvgIpc) is 2.76. The van der Waals surface area contributed by atoms with E-state index in [1.165, 1.54) is 6.07 Å². The van der Waals surface area contributed by atoms with Crippen LogP contribution in [0.5, 0.6) is 11.5 Å². The summed E-state index contributed by atoms with van der Waals surface area (Å²) in [7, 11) is 0. The molecule has 0 aliphatic carbocycles. The van der Waals surface area contributed by atoms with E-state index in [1.54, 1.807) is 18.3 Å². The third-order valence-corrected chi connectivity index (χ3v) is 2.94. The fourth-order valence-electron chi connectivity index (χ4n) is 1.90. The maximum atomic E-state index is 9.48. The number of phenols is 2. The summed E-state index contributed by atoms with van der Waals surface area (Å²) in [5, 5.41) is 26.5. The number of nitrogens with one attached hydrogen (secondary N) is 1. The molecule has 0 aliphatic rings. The first-order chi connectivity index (χ1) is 8.95. The molecule has 1 aromatic carbocycles. The number of anilines is 1. The van der Waals surface area contributed by atoms with Crippen LogP contribution in [0.3, 0.4) is 0 Å². The lowest BCUT2D eigenvalue weighted by Gasteiger charge is -2.14. The second-order valence-electron chi connectivity index (χ2n) is 4.95.